The molecule has 0 aliphatic carbocycles. The predicted octanol–water partition coefficient (Wildman–Crippen LogP) is 5.03. The SMILES string of the molecule is CNCc1csc(-c2ccc3oc4ccccc4c3c2)c1. The molecule has 104 valence electrons. The summed E-state index contributed by atoms with van der Waals surface area (Å²) in [5, 5.41) is 7.77. The van der Waals surface area contributed by atoms with Crippen molar-refractivity contribution < 1.29 is 4.42 Å². The van der Waals surface area contributed by atoms with E-state index in [-0.39, 0.29) is 0 Å². The van der Waals surface area contributed by atoms with Gasteiger partial charge >= 0.3 is 0 Å². The van der Waals surface area contributed by atoms with Gasteiger partial charge in [0, 0.05) is 22.2 Å². The van der Waals surface area contributed by atoms with Gasteiger partial charge in [0.1, 0.15) is 11.2 Å². The molecule has 2 aromatic heterocycles. The van der Waals surface area contributed by atoms with Crippen LogP contribution in [0.25, 0.3) is 32.4 Å². The van der Waals surface area contributed by atoms with Crippen LogP contribution in [0.3, 0.4) is 0 Å². The van der Waals surface area contributed by atoms with Gasteiger partial charge in [0.05, 0.1) is 0 Å². The lowest BCUT2D eigenvalue weighted by Gasteiger charge is -1.98. The number of benzene rings is 2. The maximum atomic E-state index is 5.88. The summed E-state index contributed by atoms with van der Waals surface area (Å²) in [6.45, 7) is 0.910. The molecule has 2 nitrogen and oxygen atoms in total. The highest BCUT2D eigenvalue weighted by Gasteiger charge is 2.09. The monoisotopic (exact) mass is 293 g/mol. The smallest absolute Gasteiger partial charge is 0.135 e. The zero-order chi connectivity index (χ0) is 14.2. The molecule has 0 atom stereocenters. The van der Waals surface area contributed by atoms with E-state index in [0.717, 1.165) is 17.7 Å². The van der Waals surface area contributed by atoms with Gasteiger partial charge < -0.3 is 9.73 Å². The molecule has 1 N–H and O–H groups in total. The van der Waals surface area contributed by atoms with Crippen molar-refractivity contribution in [3.63, 3.8) is 0 Å². The van der Waals surface area contributed by atoms with Gasteiger partial charge in [-0.15, -0.1) is 11.3 Å². The van der Waals surface area contributed by atoms with E-state index in [1.54, 1.807) is 11.3 Å². The van der Waals surface area contributed by atoms with Gasteiger partial charge in [0.25, 0.3) is 0 Å². The minimum absolute atomic E-state index is 0.910. The van der Waals surface area contributed by atoms with Crippen molar-refractivity contribution in [1.82, 2.24) is 5.32 Å². The van der Waals surface area contributed by atoms with Gasteiger partial charge in [-0.2, -0.15) is 0 Å². The molecule has 0 spiro atoms. The molecule has 0 saturated carbocycles. The molecular weight excluding hydrogens is 278 g/mol. The van der Waals surface area contributed by atoms with Crippen molar-refractivity contribution in [2.24, 2.45) is 0 Å². The van der Waals surface area contributed by atoms with Crippen molar-refractivity contribution in [2.75, 3.05) is 7.05 Å². The van der Waals surface area contributed by atoms with Gasteiger partial charge in [-0.3, -0.25) is 0 Å². The van der Waals surface area contributed by atoms with Crippen LogP contribution in [0.15, 0.2) is 58.3 Å². The quantitative estimate of drug-likeness (QED) is 0.573. The lowest BCUT2D eigenvalue weighted by atomic mass is 10.1. The summed E-state index contributed by atoms with van der Waals surface area (Å²) >= 11 is 1.79. The Kier molecular flexibility index (Phi) is 3.02. The minimum Gasteiger partial charge on any atom is -0.456 e. The van der Waals surface area contributed by atoms with Crippen LogP contribution in [0.4, 0.5) is 0 Å². The predicted molar refractivity (Wildman–Crippen MR) is 89.8 cm³/mol. The molecule has 3 heteroatoms. The van der Waals surface area contributed by atoms with E-state index < -0.39 is 0 Å². The summed E-state index contributed by atoms with van der Waals surface area (Å²) in [4.78, 5) is 1.30. The summed E-state index contributed by atoms with van der Waals surface area (Å²) in [6.07, 6.45) is 0. The second kappa shape index (κ2) is 5.02. The molecule has 0 bridgehead atoms. The first-order valence-electron chi connectivity index (χ1n) is 6.99. The molecule has 4 aromatic rings. The molecule has 0 amide bonds. The van der Waals surface area contributed by atoms with Crippen molar-refractivity contribution in [3.05, 3.63) is 59.5 Å². The number of fused-ring (bicyclic) bond motifs is 3. The third-order valence-electron chi connectivity index (χ3n) is 3.70. The fourth-order valence-electron chi connectivity index (χ4n) is 2.70. The average Bonchev–Trinajstić information content (AvgIpc) is 3.11. The highest BCUT2D eigenvalue weighted by molar-refractivity contribution is 7.13. The number of rotatable bonds is 3. The molecule has 21 heavy (non-hydrogen) atoms. The van der Waals surface area contributed by atoms with Crippen LogP contribution in [0.2, 0.25) is 0 Å². The van der Waals surface area contributed by atoms with Gasteiger partial charge in [0.2, 0.25) is 0 Å². The van der Waals surface area contributed by atoms with Crippen LogP contribution in [-0.2, 0) is 6.54 Å². The number of furan rings is 1. The summed E-state index contributed by atoms with van der Waals surface area (Å²) in [5.74, 6) is 0. The fraction of sp³-hybridized carbons (Fsp3) is 0.111. The normalized spacial score (nSPS) is 11.5. The Morgan fingerprint density at radius 2 is 1.86 bits per heavy atom. The van der Waals surface area contributed by atoms with E-state index in [9.17, 15) is 0 Å². The Labute approximate surface area is 127 Å². The molecule has 0 aliphatic rings. The van der Waals surface area contributed by atoms with E-state index in [2.05, 4.69) is 47.1 Å². The average molecular weight is 293 g/mol. The molecule has 4 rings (SSSR count). The molecular formula is C18H15NOS. The van der Waals surface area contributed by atoms with Gasteiger partial charge in [-0.05, 0) is 53.9 Å². The number of para-hydroxylation sites is 1. The number of thiophene rings is 1. The minimum atomic E-state index is 0.910. The zero-order valence-corrected chi connectivity index (χ0v) is 12.5. The van der Waals surface area contributed by atoms with E-state index in [1.807, 2.05) is 19.2 Å². The number of hydrogen-bond acceptors (Lipinski definition) is 3. The Balaban J connectivity index is 1.87. The molecule has 0 radical (unpaired) electrons. The maximum Gasteiger partial charge on any atom is 0.135 e. The first-order chi connectivity index (χ1) is 10.3. The van der Waals surface area contributed by atoms with E-state index in [1.165, 1.54) is 26.8 Å². The highest BCUT2D eigenvalue weighted by Crippen LogP contribution is 2.34. The molecule has 0 unspecified atom stereocenters. The Morgan fingerprint density at radius 1 is 1.00 bits per heavy atom. The van der Waals surface area contributed by atoms with Crippen molar-refractivity contribution in [1.29, 1.82) is 0 Å². The molecule has 0 aliphatic heterocycles. The standard InChI is InChI=1S/C18H15NOS/c1-19-10-12-8-18(21-11-12)13-6-7-17-15(9-13)14-4-2-3-5-16(14)20-17/h2-9,11,19H,10H2,1H3. The third kappa shape index (κ3) is 2.15. The first-order valence-corrected chi connectivity index (χ1v) is 7.87. The number of hydrogen-bond donors (Lipinski definition) is 1. The second-order valence-electron chi connectivity index (χ2n) is 5.16. The van der Waals surface area contributed by atoms with Crippen LogP contribution in [-0.4, -0.2) is 7.05 Å². The summed E-state index contributed by atoms with van der Waals surface area (Å²) in [7, 11) is 1.97. The second-order valence-corrected chi connectivity index (χ2v) is 6.07. The molecule has 2 heterocycles. The third-order valence-corrected chi connectivity index (χ3v) is 4.72. The van der Waals surface area contributed by atoms with Crippen molar-refractivity contribution in [2.45, 2.75) is 6.54 Å². The van der Waals surface area contributed by atoms with Crippen molar-refractivity contribution in [3.8, 4) is 10.4 Å². The zero-order valence-electron chi connectivity index (χ0n) is 11.7. The summed E-state index contributed by atoms with van der Waals surface area (Å²) in [6, 6.07) is 16.9. The molecule has 0 saturated heterocycles. The van der Waals surface area contributed by atoms with Crippen LogP contribution >= 0.6 is 11.3 Å². The van der Waals surface area contributed by atoms with Crippen LogP contribution in [0, 0.1) is 0 Å². The Bertz CT molecular complexity index is 919. The maximum absolute atomic E-state index is 5.88. The van der Waals surface area contributed by atoms with E-state index >= 15 is 0 Å². The van der Waals surface area contributed by atoms with Gasteiger partial charge in [-0.25, -0.2) is 0 Å². The topological polar surface area (TPSA) is 25.2 Å². The van der Waals surface area contributed by atoms with Crippen LogP contribution in [0.1, 0.15) is 5.56 Å². The van der Waals surface area contributed by atoms with E-state index in [4.69, 9.17) is 4.42 Å². The summed E-state index contributed by atoms with van der Waals surface area (Å²) in [5.41, 5.74) is 4.48. The van der Waals surface area contributed by atoms with E-state index in [0.29, 0.717) is 0 Å². The highest BCUT2D eigenvalue weighted by atomic mass is 32.1. The Hall–Kier alpha value is -2.10. The van der Waals surface area contributed by atoms with Crippen LogP contribution in [0.5, 0.6) is 0 Å². The van der Waals surface area contributed by atoms with Gasteiger partial charge in [-0.1, -0.05) is 18.2 Å². The van der Waals surface area contributed by atoms with Gasteiger partial charge in [0.15, 0.2) is 0 Å². The molecule has 0 fully saturated rings. The largest absolute Gasteiger partial charge is 0.456 e. The summed E-state index contributed by atoms with van der Waals surface area (Å²) < 4.78 is 5.88. The lowest BCUT2D eigenvalue weighted by Crippen LogP contribution is -2.03. The van der Waals surface area contributed by atoms with Crippen molar-refractivity contribution >= 4 is 33.3 Å². The fourth-order valence-corrected chi connectivity index (χ4v) is 3.62. The first kappa shape index (κ1) is 12.6. The number of nitrogens with one attached hydrogen (secondary N) is 1. The lowest BCUT2D eigenvalue weighted by molar-refractivity contribution is 0.669. The molecule has 2 aromatic carbocycles. The Morgan fingerprint density at radius 3 is 2.76 bits per heavy atom. The van der Waals surface area contributed by atoms with Crippen LogP contribution < -0.4 is 5.32 Å².